The number of aliphatic imine (C=N–C) groups is 1. The van der Waals surface area contributed by atoms with Gasteiger partial charge in [0.1, 0.15) is 53.4 Å². The quantitative estimate of drug-likeness (QED) is 0.0907. The van der Waals surface area contributed by atoms with Crippen molar-refractivity contribution >= 4 is 52.1 Å². The number of benzene rings is 5. The molecule has 12 aromatic rings. The number of nitrogens with one attached hydrogen (secondary N) is 2. The normalized spacial score (nSPS) is 13.2. The Hall–Kier alpha value is -12.3. The van der Waals surface area contributed by atoms with Crippen molar-refractivity contribution in [2.24, 2.45) is 10.4 Å². The maximum absolute atomic E-state index is 12.5. The van der Waals surface area contributed by atoms with Crippen LogP contribution in [0, 0.1) is 33.1 Å². The summed E-state index contributed by atoms with van der Waals surface area (Å²) >= 11 is 11.5. The molecular weight excluding hydrogens is 1420 g/mol. The summed E-state index contributed by atoms with van der Waals surface area (Å²) < 4.78 is 39.9. The molecular formula is C78H78Cl2N16O12. The molecule has 556 valence electrons. The summed E-state index contributed by atoms with van der Waals surface area (Å²) in [6.07, 6.45) is 12.9. The van der Waals surface area contributed by atoms with E-state index in [0.717, 1.165) is 88.3 Å². The van der Waals surface area contributed by atoms with E-state index in [0.29, 0.717) is 52.0 Å². The Morgan fingerprint density at radius 3 is 1.57 bits per heavy atom. The second kappa shape index (κ2) is 35.7. The first-order chi connectivity index (χ1) is 52.1. The van der Waals surface area contributed by atoms with Crippen LogP contribution in [0.3, 0.4) is 0 Å². The Labute approximate surface area is 629 Å². The Bertz CT molecular complexity index is 5440. The van der Waals surface area contributed by atoms with Gasteiger partial charge in [0.05, 0.1) is 39.1 Å². The van der Waals surface area contributed by atoms with Gasteiger partial charge in [0.2, 0.25) is 35.1 Å². The van der Waals surface area contributed by atoms with E-state index in [1.165, 1.54) is 93.3 Å². The second-order valence-corrected chi connectivity index (χ2v) is 27.0. The molecule has 0 bridgehead atoms. The number of nitrogens with zero attached hydrogens (tertiary/aromatic N) is 14. The van der Waals surface area contributed by atoms with E-state index in [1.807, 2.05) is 104 Å². The monoisotopic (exact) mass is 1500 g/mol. The molecule has 0 fully saturated rings. The van der Waals surface area contributed by atoms with Gasteiger partial charge in [-0.05, 0) is 178 Å². The van der Waals surface area contributed by atoms with Crippen molar-refractivity contribution in [3.05, 3.63) is 261 Å². The number of ether oxygens (including phenoxy) is 3. The number of amides is 2. The van der Waals surface area contributed by atoms with Gasteiger partial charge in [0.15, 0.2) is 5.69 Å². The van der Waals surface area contributed by atoms with Gasteiger partial charge >= 0.3 is 0 Å². The smallest absolute Gasteiger partial charge is 0.285 e. The molecule has 3 aliphatic rings. The van der Waals surface area contributed by atoms with Gasteiger partial charge in [-0.1, -0.05) is 113 Å². The predicted molar refractivity (Wildman–Crippen MR) is 405 cm³/mol. The lowest BCUT2D eigenvalue weighted by atomic mass is 9.76. The van der Waals surface area contributed by atoms with Gasteiger partial charge in [0.25, 0.3) is 28.5 Å². The van der Waals surface area contributed by atoms with Crippen LogP contribution in [0.5, 0.6) is 17.2 Å². The van der Waals surface area contributed by atoms with Gasteiger partial charge in [0, 0.05) is 64.6 Å². The van der Waals surface area contributed by atoms with Crippen molar-refractivity contribution in [1.82, 2.24) is 64.9 Å². The molecule has 7 aromatic heterocycles. The van der Waals surface area contributed by atoms with Crippen molar-refractivity contribution in [2.75, 3.05) is 38.5 Å². The number of halogens is 2. The number of rotatable bonds is 16. The van der Waals surface area contributed by atoms with Crippen LogP contribution in [0.25, 0.3) is 34.2 Å². The van der Waals surface area contributed by atoms with Crippen molar-refractivity contribution in [3.63, 3.8) is 0 Å². The van der Waals surface area contributed by atoms with Crippen LogP contribution >= 0.6 is 23.2 Å². The molecule has 30 heteroatoms. The van der Waals surface area contributed by atoms with Crippen LogP contribution in [0.2, 0.25) is 10.0 Å². The van der Waals surface area contributed by atoms with Gasteiger partial charge in [-0.3, -0.25) is 29.0 Å². The molecule has 1 aliphatic heterocycles. The third-order valence-corrected chi connectivity index (χ3v) is 18.3. The third kappa shape index (κ3) is 20.2. The maximum atomic E-state index is 12.5. The Kier molecular flexibility index (Phi) is 25.4. The lowest BCUT2D eigenvalue weighted by Crippen LogP contribution is -2.24. The molecule has 5 aromatic carbocycles. The summed E-state index contributed by atoms with van der Waals surface area (Å²) in [5.74, 6) is 4.82. The number of hydrogen-bond donors (Lipinski definition) is 2. The van der Waals surface area contributed by atoms with E-state index in [9.17, 15) is 24.0 Å². The number of hydrogen-bond acceptors (Lipinski definition) is 23. The van der Waals surface area contributed by atoms with Crippen LogP contribution in [-0.4, -0.2) is 110 Å². The fourth-order valence-corrected chi connectivity index (χ4v) is 11.9. The molecule has 0 atom stereocenters. The van der Waals surface area contributed by atoms with Gasteiger partial charge in [-0.25, -0.2) is 14.0 Å². The van der Waals surface area contributed by atoms with E-state index < -0.39 is 5.56 Å². The molecule has 0 unspecified atom stereocenters. The number of carbonyl (C=O) groups is 2. The molecule has 2 N–H and O–H groups in total. The minimum absolute atomic E-state index is 0.0508. The average Bonchev–Trinajstić information content (AvgIpc) is 1.62. The largest absolute Gasteiger partial charge is 0.497 e. The zero-order chi connectivity index (χ0) is 76.4. The molecule has 0 radical (unpaired) electrons. The van der Waals surface area contributed by atoms with Crippen LogP contribution < -0.4 is 41.5 Å². The molecule has 0 spiro atoms. The minimum atomic E-state index is -0.412. The average molecular weight is 1500 g/mol. The Morgan fingerprint density at radius 1 is 0.528 bits per heavy atom. The predicted octanol–water partition coefficient (Wildman–Crippen LogP) is 13.4. The first-order valence-electron chi connectivity index (χ1n) is 34.5. The summed E-state index contributed by atoms with van der Waals surface area (Å²) in [7, 11) is 4.76. The first-order valence-corrected chi connectivity index (χ1v) is 35.2. The number of carbonyl (C=O) groups excluding carboxylic acids is 2. The van der Waals surface area contributed by atoms with Gasteiger partial charge in [-0.15, -0.1) is 0 Å². The number of anilines is 2. The van der Waals surface area contributed by atoms with Crippen molar-refractivity contribution in [1.29, 1.82) is 0 Å². The molecule has 2 aliphatic carbocycles. The van der Waals surface area contributed by atoms with Gasteiger partial charge < -0.3 is 42.9 Å². The highest BCUT2D eigenvalue weighted by Gasteiger charge is 2.33. The zero-order valence-corrected chi connectivity index (χ0v) is 62.3. The highest BCUT2D eigenvalue weighted by Crippen LogP contribution is 2.37. The number of aromatic nitrogens is 13. The standard InChI is InChI=1S/C18H22N2O2.C18H22N2O.2C14H11ClN4O3.C14H12N4O3/c1-11-5-6-13(9-12(11)2)19-17(21)16-14-10-18(3,4)8-7-15(14)22-20-16;1-12-8-9-15(10-13(12)2)20-18(21)17-16-7-5-3-4-6-14(16)11-19-17;1-21-11-4-2-3-9(5-11)14-17-12(22-18-14)8-19-13(20)6-10(15)7-16-19;1-21-10-4-2-3-9(7-10)13-17-12(22-18-13)8-19-14(20)11(15)5-6-16-19;1-20-11-5-2-4-10(8-11)14-16-12(21-17-14)9-18-13(19)6-3-7-15-18/h5-6,9H,7-8,10H2,1-4H3,(H,19,21);8-10H,3-7,11H2,1-2H3,(H,20,21);2*2-7H,8H2,1H3;2-8H,9H2,1H3. The molecule has 28 nitrogen and oxygen atoms in total. The minimum Gasteiger partial charge on any atom is -0.497 e. The third-order valence-electron chi connectivity index (χ3n) is 17.8. The van der Waals surface area contributed by atoms with E-state index >= 15 is 0 Å². The van der Waals surface area contributed by atoms with Crippen LogP contribution in [0.4, 0.5) is 11.4 Å². The molecule has 15 rings (SSSR count). The Morgan fingerprint density at radius 2 is 1.05 bits per heavy atom. The SMILES string of the molecule is COc1cccc(-c2noc(Cn3ncc(Cl)cc3=O)n2)c1.COc1cccc(-c2noc(Cn3nccc(Cl)c3=O)n2)c1.COc1cccc(-c2noc(Cn3ncccc3=O)n2)c1.Cc1ccc(NC(=O)C2=NCC3=C2CCCCC3)cc1C.Cc1ccc(NC(=O)c2noc3c2CC(C)(C)CC3)cc1C. The van der Waals surface area contributed by atoms with E-state index in [-0.39, 0.29) is 69.8 Å². The van der Waals surface area contributed by atoms with Gasteiger partial charge in [-0.2, -0.15) is 30.2 Å². The van der Waals surface area contributed by atoms with Crippen LogP contribution in [-0.2, 0) is 37.3 Å². The molecule has 8 heterocycles. The summed E-state index contributed by atoms with van der Waals surface area (Å²) in [6.45, 7) is 13.6. The highest BCUT2D eigenvalue weighted by molar-refractivity contribution is 6.49. The van der Waals surface area contributed by atoms with E-state index in [2.05, 4.69) is 101 Å². The lowest BCUT2D eigenvalue weighted by molar-refractivity contribution is -0.110. The fraction of sp³-hybridized carbons (Fsp3) is 0.282. The van der Waals surface area contributed by atoms with Crippen molar-refractivity contribution in [2.45, 2.75) is 113 Å². The highest BCUT2D eigenvalue weighted by atomic mass is 35.5. The summed E-state index contributed by atoms with van der Waals surface area (Å²) in [4.78, 5) is 77.4. The summed E-state index contributed by atoms with van der Waals surface area (Å²) in [5, 5.41) is 33.8. The maximum Gasteiger partial charge on any atom is 0.285 e. The zero-order valence-electron chi connectivity index (χ0n) is 60.8. The lowest BCUT2D eigenvalue weighted by Gasteiger charge is -2.28. The first kappa shape index (κ1) is 76.8. The molecule has 0 saturated carbocycles. The molecule has 108 heavy (non-hydrogen) atoms. The van der Waals surface area contributed by atoms with Crippen LogP contribution in [0.1, 0.15) is 114 Å². The topological polar surface area (TPSA) is 346 Å². The summed E-state index contributed by atoms with van der Waals surface area (Å²) in [6, 6.07) is 39.5. The second-order valence-electron chi connectivity index (χ2n) is 26.2. The number of aryl methyl sites for hydroxylation is 5. The molecule has 0 saturated heterocycles. The van der Waals surface area contributed by atoms with E-state index in [4.69, 9.17) is 55.5 Å². The fourth-order valence-electron chi connectivity index (χ4n) is 11.6. The van der Waals surface area contributed by atoms with Crippen molar-refractivity contribution < 1.29 is 41.9 Å². The van der Waals surface area contributed by atoms with Crippen LogP contribution in [0.15, 0.2) is 201 Å². The van der Waals surface area contributed by atoms with Crippen molar-refractivity contribution in [3.8, 4) is 51.4 Å². The van der Waals surface area contributed by atoms with E-state index in [1.54, 1.807) is 39.5 Å². The number of fused-ring (bicyclic) bond motifs is 1. The summed E-state index contributed by atoms with van der Waals surface area (Å²) in [5.41, 5.74) is 12.6. The molecule has 2 amide bonds. The Balaban J connectivity index is 0.000000134. The number of methoxy groups -OCH3 is 3.